The van der Waals surface area contributed by atoms with E-state index < -0.39 is 10.0 Å². The van der Waals surface area contributed by atoms with E-state index in [9.17, 15) is 8.42 Å². The third-order valence-corrected chi connectivity index (χ3v) is 6.97. The van der Waals surface area contributed by atoms with E-state index in [1.54, 1.807) is 60.7 Å². The summed E-state index contributed by atoms with van der Waals surface area (Å²) in [6, 6.07) is 20.4. The van der Waals surface area contributed by atoms with Crippen LogP contribution in [-0.2, 0) is 10.0 Å². The Morgan fingerprint density at radius 3 is 1.94 bits per heavy atom. The molecule has 0 aliphatic heterocycles. The number of halogens is 3. The molecule has 1 aromatic heterocycles. The maximum atomic E-state index is 12.9. The van der Waals surface area contributed by atoms with Crippen molar-refractivity contribution in [2.24, 2.45) is 0 Å². The molecule has 162 valence electrons. The Kier molecular flexibility index (Phi) is 6.40. The fraction of sp³-hybridized carbons (Fsp3) is 0.0435. The highest BCUT2D eigenvalue weighted by molar-refractivity contribution is 7.92. The monoisotopic (exact) mass is 503 g/mol. The number of anilines is 1. The van der Waals surface area contributed by atoms with Crippen LogP contribution in [0.15, 0.2) is 77.7 Å². The fourth-order valence-electron chi connectivity index (χ4n) is 2.96. The van der Waals surface area contributed by atoms with Crippen LogP contribution in [0.25, 0.3) is 22.5 Å². The van der Waals surface area contributed by atoms with E-state index in [1.165, 1.54) is 12.1 Å². The second-order valence-electron chi connectivity index (χ2n) is 7.02. The van der Waals surface area contributed by atoms with E-state index in [-0.39, 0.29) is 10.8 Å². The lowest BCUT2D eigenvalue weighted by Gasteiger charge is -2.12. The van der Waals surface area contributed by atoms with Crippen molar-refractivity contribution in [1.82, 2.24) is 9.97 Å². The first kappa shape index (κ1) is 22.6. The molecule has 0 atom stereocenters. The average molecular weight is 505 g/mol. The minimum Gasteiger partial charge on any atom is -0.247 e. The van der Waals surface area contributed by atoms with E-state index in [0.717, 1.165) is 11.1 Å². The number of sulfonamides is 1. The molecule has 0 saturated heterocycles. The zero-order chi connectivity index (χ0) is 22.9. The Balaban J connectivity index is 1.82. The van der Waals surface area contributed by atoms with E-state index >= 15 is 0 Å². The van der Waals surface area contributed by atoms with Crippen molar-refractivity contribution < 1.29 is 8.42 Å². The zero-order valence-corrected chi connectivity index (χ0v) is 19.8. The molecule has 4 aromatic rings. The van der Waals surface area contributed by atoms with Crippen molar-refractivity contribution in [3.05, 3.63) is 93.4 Å². The first-order chi connectivity index (χ1) is 15.2. The first-order valence-electron chi connectivity index (χ1n) is 9.41. The molecule has 0 amide bonds. The average Bonchev–Trinajstić information content (AvgIpc) is 2.76. The third-order valence-electron chi connectivity index (χ3n) is 4.64. The molecule has 0 saturated carbocycles. The van der Waals surface area contributed by atoms with E-state index in [2.05, 4.69) is 14.7 Å². The van der Waals surface area contributed by atoms with Crippen LogP contribution in [0.1, 0.15) is 5.56 Å². The number of hydrogen-bond acceptors (Lipinski definition) is 4. The van der Waals surface area contributed by atoms with Gasteiger partial charge in [-0.05, 0) is 49.4 Å². The second-order valence-corrected chi connectivity index (χ2v) is 9.95. The first-order valence-corrected chi connectivity index (χ1v) is 12.0. The summed E-state index contributed by atoms with van der Waals surface area (Å²) in [5.74, 6) is -0.0703. The maximum absolute atomic E-state index is 12.9. The van der Waals surface area contributed by atoms with Crippen molar-refractivity contribution in [2.45, 2.75) is 11.8 Å². The predicted octanol–water partition coefficient (Wildman–Crippen LogP) is 6.88. The Labute approximate surface area is 201 Å². The molecule has 5 nitrogen and oxygen atoms in total. The summed E-state index contributed by atoms with van der Waals surface area (Å²) in [5.41, 5.74) is 3.35. The van der Waals surface area contributed by atoms with Crippen molar-refractivity contribution >= 4 is 50.8 Å². The van der Waals surface area contributed by atoms with Gasteiger partial charge in [-0.25, -0.2) is 23.1 Å². The molecule has 0 radical (unpaired) electrons. The van der Waals surface area contributed by atoms with Gasteiger partial charge < -0.3 is 0 Å². The molecule has 0 bridgehead atoms. The van der Waals surface area contributed by atoms with Gasteiger partial charge in [0.25, 0.3) is 10.0 Å². The molecule has 0 aliphatic rings. The molecule has 0 fully saturated rings. The lowest BCUT2D eigenvalue weighted by atomic mass is 10.1. The molecular formula is C23H16Cl3N3O2S. The summed E-state index contributed by atoms with van der Waals surface area (Å²) in [4.78, 5) is 8.95. The van der Waals surface area contributed by atoms with Crippen LogP contribution in [0.3, 0.4) is 0 Å². The standard InChI is InChI=1S/C23H16Cl3N3O2S/c1-14-2-9-18(10-3-14)32(30,31)29-23-27-21(15-4-7-17(24)8-5-15)13-22(28-23)16-6-11-19(25)20(26)12-16/h2-13H,1H3,(H,27,28,29). The summed E-state index contributed by atoms with van der Waals surface area (Å²) in [6.07, 6.45) is 0. The summed E-state index contributed by atoms with van der Waals surface area (Å²) < 4.78 is 28.3. The molecule has 0 spiro atoms. The molecule has 1 N–H and O–H groups in total. The molecule has 3 aromatic carbocycles. The molecule has 9 heteroatoms. The lowest BCUT2D eigenvalue weighted by Crippen LogP contribution is -2.15. The van der Waals surface area contributed by atoms with E-state index in [1.807, 2.05) is 6.92 Å². The van der Waals surface area contributed by atoms with Crippen molar-refractivity contribution in [1.29, 1.82) is 0 Å². The Morgan fingerprint density at radius 1 is 0.719 bits per heavy atom. The summed E-state index contributed by atoms with van der Waals surface area (Å²) in [5, 5.41) is 1.34. The Morgan fingerprint density at radius 2 is 1.31 bits per heavy atom. The van der Waals surface area contributed by atoms with Crippen LogP contribution in [0.4, 0.5) is 5.95 Å². The molecule has 4 rings (SSSR count). The quantitative estimate of drug-likeness (QED) is 0.321. The third kappa shape index (κ3) is 5.05. The van der Waals surface area contributed by atoms with Gasteiger partial charge in [-0.3, -0.25) is 0 Å². The molecular weight excluding hydrogens is 489 g/mol. The number of hydrogen-bond donors (Lipinski definition) is 1. The highest BCUT2D eigenvalue weighted by atomic mass is 35.5. The minimum absolute atomic E-state index is 0.0703. The van der Waals surface area contributed by atoms with Gasteiger partial charge in [0.1, 0.15) is 0 Å². The topological polar surface area (TPSA) is 72.0 Å². The molecule has 0 unspecified atom stereocenters. The van der Waals surface area contributed by atoms with Crippen molar-refractivity contribution in [3.63, 3.8) is 0 Å². The van der Waals surface area contributed by atoms with Crippen LogP contribution < -0.4 is 4.72 Å². The number of aryl methyl sites for hydroxylation is 1. The highest BCUT2D eigenvalue weighted by Crippen LogP contribution is 2.31. The number of rotatable bonds is 5. The van der Waals surface area contributed by atoms with Gasteiger partial charge in [0.15, 0.2) is 0 Å². The van der Waals surface area contributed by atoms with E-state index in [0.29, 0.717) is 32.0 Å². The van der Waals surface area contributed by atoms with Gasteiger partial charge in [-0.2, -0.15) is 0 Å². The Hall–Kier alpha value is -2.64. The van der Waals surface area contributed by atoms with Crippen molar-refractivity contribution in [3.8, 4) is 22.5 Å². The summed E-state index contributed by atoms with van der Waals surface area (Å²) in [6.45, 7) is 1.88. The zero-order valence-electron chi connectivity index (χ0n) is 16.7. The van der Waals surface area contributed by atoms with Crippen LogP contribution in [0.5, 0.6) is 0 Å². The number of aromatic nitrogens is 2. The number of nitrogens with one attached hydrogen (secondary N) is 1. The second kappa shape index (κ2) is 9.08. The molecule has 32 heavy (non-hydrogen) atoms. The maximum Gasteiger partial charge on any atom is 0.264 e. The number of nitrogens with zero attached hydrogens (tertiary/aromatic N) is 2. The van der Waals surface area contributed by atoms with Gasteiger partial charge in [0.2, 0.25) is 5.95 Å². The van der Waals surface area contributed by atoms with Crippen LogP contribution in [0.2, 0.25) is 15.1 Å². The predicted molar refractivity (Wildman–Crippen MR) is 130 cm³/mol. The summed E-state index contributed by atoms with van der Waals surface area (Å²) >= 11 is 18.2. The van der Waals surface area contributed by atoms with E-state index in [4.69, 9.17) is 34.8 Å². The van der Waals surface area contributed by atoms with Gasteiger partial charge in [-0.15, -0.1) is 0 Å². The highest BCUT2D eigenvalue weighted by Gasteiger charge is 2.18. The van der Waals surface area contributed by atoms with Crippen LogP contribution in [-0.4, -0.2) is 18.4 Å². The van der Waals surface area contributed by atoms with Gasteiger partial charge in [0, 0.05) is 16.1 Å². The van der Waals surface area contributed by atoms with Gasteiger partial charge >= 0.3 is 0 Å². The van der Waals surface area contributed by atoms with Gasteiger partial charge in [0.05, 0.1) is 26.3 Å². The SMILES string of the molecule is Cc1ccc(S(=O)(=O)Nc2nc(-c3ccc(Cl)cc3)cc(-c3ccc(Cl)c(Cl)c3)n2)cc1. The van der Waals surface area contributed by atoms with Crippen LogP contribution >= 0.6 is 34.8 Å². The molecule has 1 heterocycles. The fourth-order valence-corrected chi connectivity index (χ4v) is 4.33. The lowest BCUT2D eigenvalue weighted by molar-refractivity contribution is 0.601. The van der Waals surface area contributed by atoms with Crippen LogP contribution in [0, 0.1) is 6.92 Å². The summed E-state index contributed by atoms with van der Waals surface area (Å²) in [7, 11) is -3.89. The normalized spacial score (nSPS) is 11.4. The largest absolute Gasteiger partial charge is 0.264 e. The Bertz CT molecular complexity index is 1390. The molecule has 0 aliphatic carbocycles. The van der Waals surface area contributed by atoms with Gasteiger partial charge in [-0.1, -0.05) is 70.7 Å². The van der Waals surface area contributed by atoms with Crippen molar-refractivity contribution in [2.75, 3.05) is 4.72 Å². The number of benzene rings is 3. The smallest absolute Gasteiger partial charge is 0.247 e. The minimum atomic E-state index is -3.89.